The van der Waals surface area contributed by atoms with Gasteiger partial charge >= 0.3 is 0 Å². The molecule has 1 heterocycles. The average Bonchev–Trinajstić information content (AvgIpc) is 3.00. The molecule has 1 fully saturated rings. The molecular formula is C23H27N3O2. The van der Waals surface area contributed by atoms with Crippen LogP contribution in [0.1, 0.15) is 55.1 Å². The maximum absolute atomic E-state index is 12.6. The van der Waals surface area contributed by atoms with E-state index in [-0.39, 0.29) is 5.57 Å². The van der Waals surface area contributed by atoms with Gasteiger partial charge in [0.15, 0.2) is 0 Å². The summed E-state index contributed by atoms with van der Waals surface area (Å²) in [5.41, 5.74) is 3.96. The fourth-order valence-corrected chi connectivity index (χ4v) is 4.03. The minimum Gasteiger partial charge on any atom is -0.497 e. The molecule has 0 unspecified atom stereocenters. The van der Waals surface area contributed by atoms with Crippen LogP contribution in [0.2, 0.25) is 0 Å². The van der Waals surface area contributed by atoms with Crippen LogP contribution in [0, 0.1) is 25.2 Å². The van der Waals surface area contributed by atoms with E-state index in [1.807, 2.05) is 6.07 Å². The van der Waals surface area contributed by atoms with E-state index in [0.29, 0.717) is 17.5 Å². The van der Waals surface area contributed by atoms with Crippen molar-refractivity contribution in [2.75, 3.05) is 12.4 Å². The number of aryl methyl sites for hydroxylation is 1. The minimum atomic E-state index is -0.407. The zero-order chi connectivity index (χ0) is 20.1. The highest BCUT2D eigenvalue weighted by atomic mass is 16.5. The smallest absolute Gasteiger partial charge is 0.266 e. The van der Waals surface area contributed by atoms with E-state index in [0.717, 1.165) is 11.3 Å². The van der Waals surface area contributed by atoms with E-state index in [1.165, 1.54) is 37.8 Å². The number of amides is 1. The van der Waals surface area contributed by atoms with Crippen molar-refractivity contribution in [3.63, 3.8) is 0 Å². The Bertz CT molecular complexity index is 911. The third-order valence-corrected chi connectivity index (χ3v) is 5.48. The summed E-state index contributed by atoms with van der Waals surface area (Å²) in [5.74, 6) is 0.305. The van der Waals surface area contributed by atoms with Crippen LogP contribution >= 0.6 is 0 Å². The van der Waals surface area contributed by atoms with Crippen molar-refractivity contribution in [1.29, 1.82) is 5.26 Å². The van der Waals surface area contributed by atoms with Gasteiger partial charge in [-0.2, -0.15) is 5.26 Å². The Morgan fingerprint density at radius 2 is 1.89 bits per heavy atom. The molecule has 5 nitrogen and oxygen atoms in total. The highest BCUT2D eigenvalue weighted by molar-refractivity contribution is 6.09. The number of carbonyl (C=O) groups is 1. The third-order valence-electron chi connectivity index (χ3n) is 5.48. The van der Waals surface area contributed by atoms with Crippen LogP contribution < -0.4 is 10.1 Å². The lowest BCUT2D eigenvalue weighted by Gasteiger charge is -2.26. The summed E-state index contributed by atoms with van der Waals surface area (Å²) in [5, 5.41) is 12.3. The first-order valence-electron chi connectivity index (χ1n) is 9.79. The number of anilines is 1. The van der Waals surface area contributed by atoms with Crippen LogP contribution in [-0.2, 0) is 4.79 Å². The number of hydrogen-bond donors (Lipinski definition) is 1. The standard InChI is InChI=1S/C23H27N3O2/c1-16-13-18(17(2)26(16)21-7-5-4-6-8-21)14-19(15-24)23(27)25-20-9-11-22(28-3)12-10-20/h9-14,21H,4-8H2,1-3H3,(H,25,27)/b19-14-. The number of benzene rings is 1. The molecule has 1 aromatic carbocycles. The van der Waals surface area contributed by atoms with Gasteiger partial charge in [-0.15, -0.1) is 0 Å². The molecule has 1 aliphatic rings. The van der Waals surface area contributed by atoms with Gasteiger partial charge < -0.3 is 14.6 Å². The van der Waals surface area contributed by atoms with Crippen molar-refractivity contribution < 1.29 is 9.53 Å². The molecule has 0 aliphatic heterocycles. The van der Waals surface area contributed by atoms with Crippen molar-refractivity contribution >= 4 is 17.7 Å². The van der Waals surface area contributed by atoms with Gasteiger partial charge in [-0.1, -0.05) is 19.3 Å². The number of ether oxygens (including phenoxy) is 1. The SMILES string of the molecule is COc1ccc(NC(=O)/C(C#N)=C\c2cc(C)n(C3CCCCC3)c2C)cc1. The Hall–Kier alpha value is -3.00. The van der Waals surface area contributed by atoms with Gasteiger partial charge in [0.2, 0.25) is 0 Å². The highest BCUT2D eigenvalue weighted by Crippen LogP contribution is 2.32. The van der Waals surface area contributed by atoms with E-state index in [2.05, 4.69) is 29.8 Å². The Labute approximate surface area is 166 Å². The molecule has 0 radical (unpaired) electrons. The molecule has 1 N–H and O–H groups in total. The quantitative estimate of drug-likeness (QED) is 0.578. The number of nitrogens with one attached hydrogen (secondary N) is 1. The van der Waals surface area contributed by atoms with Gasteiger partial charge in [-0.3, -0.25) is 4.79 Å². The van der Waals surface area contributed by atoms with Crippen molar-refractivity contribution in [2.24, 2.45) is 0 Å². The number of hydrogen-bond acceptors (Lipinski definition) is 3. The molecule has 1 saturated carbocycles. The maximum Gasteiger partial charge on any atom is 0.266 e. The summed E-state index contributed by atoms with van der Waals surface area (Å²) in [4.78, 5) is 12.6. The fourth-order valence-electron chi connectivity index (χ4n) is 4.03. The predicted octanol–water partition coefficient (Wildman–Crippen LogP) is 5.16. The molecule has 5 heteroatoms. The van der Waals surface area contributed by atoms with Crippen molar-refractivity contribution in [3.05, 3.63) is 52.9 Å². The van der Waals surface area contributed by atoms with Gasteiger partial charge in [0.25, 0.3) is 5.91 Å². The summed E-state index contributed by atoms with van der Waals surface area (Å²) in [6, 6.07) is 11.7. The van der Waals surface area contributed by atoms with Crippen LogP contribution in [0.3, 0.4) is 0 Å². The summed E-state index contributed by atoms with van der Waals surface area (Å²) in [7, 11) is 1.59. The number of aromatic nitrogens is 1. The van der Waals surface area contributed by atoms with Crippen LogP contribution in [-0.4, -0.2) is 17.6 Å². The van der Waals surface area contributed by atoms with E-state index < -0.39 is 5.91 Å². The molecule has 1 aliphatic carbocycles. The minimum absolute atomic E-state index is 0.0970. The third kappa shape index (κ3) is 4.28. The zero-order valence-electron chi connectivity index (χ0n) is 16.8. The average molecular weight is 377 g/mol. The molecule has 28 heavy (non-hydrogen) atoms. The van der Waals surface area contributed by atoms with E-state index >= 15 is 0 Å². The first-order valence-corrected chi connectivity index (χ1v) is 9.79. The Kier molecular flexibility index (Phi) is 6.20. The van der Waals surface area contributed by atoms with Gasteiger partial charge in [-0.05, 0) is 68.7 Å². The van der Waals surface area contributed by atoms with Crippen LogP contribution in [0.25, 0.3) is 6.08 Å². The molecular weight excluding hydrogens is 350 g/mol. The lowest BCUT2D eigenvalue weighted by atomic mass is 9.95. The van der Waals surface area contributed by atoms with E-state index in [1.54, 1.807) is 37.5 Å². The van der Waals surface area contributed by atoms with Crippen molar-refractivity contribution in [1.82, 2.24) is 4.57 Å². The number of carbonyl (C=O) groups excluding carboxylic acids is 1. The summed E-state index contributed by atoms with van der Waals surface area (Å²) in [6.45, 7) is 4.17. The summed E-state index contributed by atoms with van der Waals surface area (Å²) in [6.07, 6.45) is 7.93. The van der Waals surface area contributed by atoms with Crippen molar-refractivity contribution in [3.8, 4) is 11.8 Å². The number of rotatable bonds is 5. The topological polar surface area (TPSA) is 67.0 Å². The highest BCUT2D eigenvalue weighted by Gasteiger charge is 2.20. The van der Waals surface area contributed by atoms with Crippen LogP contribution in [0.4, 0.5) is 5.69 Å². The monoisotopic (exact) mass is 377 g/mol. The molecule has 0 bridgehead atoms. The van der Waals surface area contributed by atoms with E-state index in [9.17, 15) is 10.1 Å². The Morgan fingerprint density at radius 1 is 1.21 bits per heavy atom. The lowest BCUT2D eigenvalue weighted by Crippen LogP contribution is -2.15. The normalized spacial score (nSPS) is 15.1. The lowest BCUT2D eigenvalue weighted by molar-refractivity contribution is -0.112. The molecule has 1 aromatic heterocycles. The van der Waals surface area contributed by atoms with Crippen molar-refractivity contribution in [2.45, 2.75) is 52.0 Å². The predicted molar refractivity (Wildman–Crippen MR) is 111 cm³/mol. The second kappa shape index (κ2) is 8.79. The molecule has 146 valence electrons. The fraction of sp³-hybridized carbons (Fsp3) is 0.391. The van der Waals surface area contributed by atoms with Gasteiger partial charge in [0, 0.05) is 23.1 Å². The summed E-state index contributed by atoms with van der Waals surface area (Å²) < 4.78 is 7.50. The first kappa shape index (κ1) is 19.8. The van der Waals surface area contributed by atoms with Gasteiger partial charge in [0.05, 0.1) is 7.11 Å². The van der Waals surface area contributed by atoms with Crippen LogP contribution in [0.5, 0.6) is 5.75 Å². The van der Waals surface area contributed by atoms with Gasteiger partial charge in [0.1, 0.15) is 17.4 Å². The second-order valence-electron chi connectivity index (χ2n) is 7.34. The number of methoxy groups -OCH3 is 1. The molecule has 1 amide bonds. The van der Waals surface area contributed by atoms with Gasteiger partial charge in [-0.25, -0.2) is 0 Å². The second-order valence-corrected chi connectivity index (χ2v) is 7.34. The molecule has 0 spiro atoms. The number of nitrogens with zero attached hydrogens (tertiary/aromatic N) is 2. The van der Waals surface area contributed by atoms with Crippen LogP contribution in [0.15, 0.2) is 35.9 Å². The Balaban J connectivity index is 1.81. The molecule has 3 rings (SSSR count). The molecule has 0 atom stereocenters. The maximum atomic E-state index is 12.6. The largest absolute Gasteiger partial charge is 0.497 e. The molecule has 0 saturated heterocycles. The molecule has 2 aromatic rings. The first-order chi connectivity index (χ1) is 13.5. The number of nitriles is 1. The summed E-state index contributed by atoms with van der Waals surface area (Å²) >= 11 is 0. The zero-order valence-corrected chi connectivity index (χ0v) is 16.8. The Morgan fingerprint density at radius 3 is 2.50 bits per heavy atom. The van der Waals surface area contributed by atoms with E-state index in [4.69, 9.17) is 4.74 Å².